The van der Waals surface area contributed by atoms with Gasteiger partial charge in [0, 0.05) is 0 Å². The van der Waals surface area contributed by atoms with E-state index < -0.39 is 12.2 Å². The maximum atomic E-state index is 11.3. The quantitative estimate of drug-likeness (QED) is 0.687. The number of hydrogen-bond donors (Lipinski definition) is 0. The first-order valence-corrected chi connectivity index (χ1v) is 9.05. The molecule has 0 aliphatic heterocycles. The fourth-order valence-corrected chi connectivity index (χ4v) is 2.60. The van der Waals surface area contributed by atoms with E-state index in [0.29, 0.717) is 12.8 Å². The van der Waals surface area contributed by atoms with E-state index in [9.17, 15) is 10.2 Å². The van der Waals surface area contributed by atoms with Crippen LogP contribution in [0.4, 0.5) is 0 Å². The molecule has 25 heavy (non-hydrogen) atoms. The Hall–Kier alpha value is -0.874. The minimum Gasteiger partial charge on any atom is -0.852 e. The van der Waals surface area contributed by atoms with Crippen molar-refractivity contribution in [3.8, 4) is 0 Å². The molecule has 0 N–H and O–H groups in total. The van der Waals surface area contributed by atoms with Crippen LogP contribution in [0.1, 0.15) is 50.7 Å². The molecule has 0 aliphatic rings. The van der Waals surface area contributed by atoms with Gasteiger partial charge in [-0.3, -0.25) is 0 Å². The molecular weight excluding hydrogens is 321 g/mol. The largest absolute Gasteiger partial charge is 2.00 e. The molecule has 0 radical (unpaired) electrons. The molecule has 132 valence electrons. The molecule has 2 atom stereocenters. The Morgan fingerprint density at radius 3 is 1.24 bits per heavy atom. The van der Waals surface area contributed by atoms with Crippen LogP contribution in [0.5, 0.6) is 0 Å². The monoisotopic (exact) mass is 350 g/mol. The summed E-state index contributed by atoms with van der Waals surface area (Å²) in [7, 11) is 0. The first-order chi connectivity index (χ1) is 11.7. The summed E-state index contributed by atoms with van der Waals surface area (Å²) in [5.41, 5.74) is 2.32. The molecule has 0 aromatic heterocycles. The molecule has 3 heteroatoms. The minimum atomic E-state index is -0.419. The van der Waals surface area contributed by atoms with Crippen LogP contribution in [-0.4, -0.2) is 35.3 Å². The van der Waals surface area contributed by atoms with Gasteiger partial charge in [-0.2, -0.15) is 0 Å². The van der Waals surface area contributed by atoms with E-state index in [1.54, 1.807) is 0 Å². The Kier molecular flexibility index (Phi) is 14.8. The number of rotatable bonds is 8. The van der Waals surface area contributed by atoms with Gasteiger partial charge in [-0.05, 0) is 24.0 Å². The fourth-order valence-electron chi connectivity index (χ4n) is 2.60. The van der Waals surface area contributed by atoms with Gasteiger partial charge in [0.15, 0.2) is 0 Å². The van der Waals surface area contributed by atoms with Gasteiger partial charge in [0.2, 0.25) is 0 Å². The SMILES string of the molecule is CCCC([O-])Cc1ccccc1.CCCC([O-])Cc1ccccc1.[Mg+2]. The van der Waals surface area contributed by atoms with E-state index in [1.807, 2.05) is 60.7 Å². The Balaban J connectivity index is 0.000000443. The first-order valence-electron chi connectivity index (χ1n) is 9.05. The zero-order valence-electron chi connectivity index (χ0n) is 15.7. The zero-order valence-corrected chi connectivity index (χ0v) is 17.1. The van der Waals surface area contributed by atoms with Crippen molar-refractivity contribution in [3.05, 3.63) is 71.8 Å². The molecule has 2 aromatic rings. The van der Waals surface area contributed by atoms with Crippen LogP contribution in [0.25, 0.3) is 0 Å². The maximum absolute atomic E-state index is 11.3. The van der Waals surface area contributed by atoms with Gasteiger partial charge in [-0.15, -0.1) is 12.2 Å². The van der Waals surface area contributed by atoms with E-state index in [4.69, 9.17) is 0 Å². The van der Waals surface area contributed by atoms with Gasteiger partial charge in [-0.1, -0.05) is 100 Å². The Morgan fingerprint density at radius 2 is 0.960 bits per heavy atom. The first kappa shape index (κ1) is 24.1. The molecule has 0 fully saturated rings. The van der Waals surface area contributed by atoms with E-state index in [1.165, 1.54) is 0 Å². The van der Waals surface area contributed by atoms with Gasteiger partial charge in [0.1, 0.15) is 0 Å². The fraction of sp³-hybridized carbons (Fsp3) is 0.455. The molecule has 0 saturated heterocycles. The summed E-state index contributed by atoms with van der Waals surface area (Å²) in [6.07, 6.45) is 4.06. The molecule has 0 saturated carbocycles. The second kappa shape index (κ2) is 15.4. The number of benzene rings is 2. The molecule has 2 rings (SSSR count). The Labute approximate surface area is 169 Å². The summed E-state index contributed by atoms with van der Waals surface area (Å²) in [4.78, 5) is 0. The Morgan fingerprint density at radius 1 is 0.640 bits per heavy atom. The molecule has 0 bridgehead atoms. The molecule has 0 aliphatic carbocycles. The van der Waals surface area contributed by atoms with Crippen LogP contribution in [0.3, 0.4) is 0 Å². The molecule has 2 nitrogen and oxygen atoms in total. The number of hydrogen-bond acceptors (Lipinski definition) is 2. The van der Waals surface area contributed by atoms with Gasteiger partial charge < -0.3 is 10.2 Å². The van der Waals surface area contributed by atoms with Crippen LogP contribution in [-0.2, 0) is 12.8 Å². The molecule has 0 amide bonds. The predicted octanol–water partition coefficient (Wildman–Crippen LogP) is 3.14. The van der Waals surface area contributed by atoms with Crippen LogP contribution in [0.2, 0.25) is 0 Å². The van der Waals surface area contributed by atoms with Gasteiger partial charge in [-0.25, -0.2) is 0 Å². The third kappa shape index (κ3) is 12.2. The third-order valence-corrected chi connectivity index (χ3v) is 3.83. The smallest absolute Gasteiger partial charge is 0.852 e. The standard InChI is InChI=1S/2C11H15O.Mg/c2*1-2-6-11(12)9-10-7-4-3-5-8-10;/h2*3-5,7-8,11H,2,6,9H2,1H3;/q2*-1;+2. The summed E-state index contributed by atoms with van der Waals surface area (Å²) < 4.78 is 0. The average molecular weight is 351 g/mol. The summed E-state index contributed by atoms with van der Waals surface area (Å²) in [6.45, 7) is 4.10. The van der Waals surface area contributed by atoms with Crippen molar-refractivity contribution >= 4 is 23.1 Å². The van der Waals surface area contributed by atoms with Crippen LogP contribution in [0.15, 0.2) is 60.7 Å². The molecule has 0 heterocycles. The van der Waals surface area contributed by atoms with E-state index in [0.717, 1.165) is 36.8 Å². The average Bonchev–Trinajstić information content (AvgIpc) is 2.58. The van der Waals surface area contributed by atoms with Crippen molar-refractivity contribution in [2.75, 3.05) is 0 Å². The molecular formula is C22H30MgO2. The van der Waals surface area contributed by atoms with Crippen molar-refractivity contribution < 1.29 is 10.2 Å². The third-order valence-electron chi connectivity index (χ3n) is 3.83. The second-order valence-electron chi connectivity index (χ2n) is 6.20. The van der Waals surface area contributed by atoms with Crippen molar-refractivity contribution in [1.29, 1.82) is 0 Å². The van der Waals surface area contributed by atoms with Gasteiger partial charge >= 0.3 is 23.1 Å². The normalized spacial score (nSPS) is 12.3. The molecule has 2 unspecified atom stereocenters. The maximum Gasteiger partial charge on any atom is 2.00 e. The minimum absolute atomic E-state index is 0. The second-order valence-corrected chi connectivity index (χ2v) is 6.20. The van der Waals surface area contributed by atoms with E-state index in [-0.39, 0.29) is 23.1 Å². The molecule has 0 spiro atoms. The summed E-state index contributed by atoms with van der Waals surface area (Å²) in [6, 6.07) is 19.9. The van der Waals surface area contributed by atoms with Gasteiger partial charge in [0.25, 0.3) is 0 Å². The van der Waals surface area contributed by atoms with Crippen LogP contribution >= 0.6 is 0 Å². The van der Waals surface area contributed by atoms with E-state index >= 15 is 0 Å². The Bertz CT molecular complexity index is 467. The predicted molar refractivity (Wildman–Crippen MR) is 103 cm³/mol. The van der Waals surface area contributed by atoms with Crippen molar-refractivity contribution in [2.45, 2.75) is 64.6 Å². The van der Waals surface area contributed by atoms with Crippen LogP contribution in [0, 0.1) is 0 Å². The zero-order chi connectivity index (χ0) is 17.6. The summed E-state index contributed by atoms with van der Waals surface area (Å²) >= 11 is 0. The van der Waals surface area contributed by atoms with Crippen molar-refractivity contribution in [3.63, 3.8) is 0 Å². The van der Waals surface area contributed by atoms with Crippen molar-refractivity contribution in [1.82, 2.24) is 0 Å². The van der Waals surface area contributed by atoms with E-state index in [2.05, 4.69) is 13.8 Å². The van der Waals surface area contributed by atoms with Crippen molar-refractivity contribution in [2.24, 2.45) is 0 Å². The van der Waals surface area contributed by atoms with Crippen LogP contribution < -0.4 is 10.2 Å². The van der Waals surface area contributed by atoms with Gasteiger partial charge in [0.05, 0.1) is 0 Å². The molecule has 2 aromatic carbocycles. The summed E-state index contributed by atoms with van der Waals surface area (Å²) in [5, 5.41) is 22.6. The topological polar surface area (TPSA) is 46.1 Å². The summed E-state index contributed by atoms with van der Waals surface area (Å²) in [5.74, 6) is 0.